The van der Waals surface area contributed by atoms with E-state index in [1.807, 2.05) is 18.2 Å². The largest absolute Gasteiger partial charge is 0.312 e. The molecule has 3 heteroatoms. The van der Waals surface area contributed by atoms with Crippen molar-refractivity contribution in [1.29, 1.82) is 0 Å². The first-order chi connectivity index (χ1) is 7.03. The summed E-state index contributed by atoms with van der Waals surface area (Å²) in [7, 11) is 0. The van der Waals surface area contributed by atoms with Gasteiger partial charge in [-0.1, -0.05) is 37.6 Å². The van der Waals surface area contributed by atoms with Crippen molar-refractivity contribution in [2.75, 3.05) is 12.4 Å². The van der Waals surface area contributed by atoms with E-state index in [0.717, 1.165) is 18.1 Å². The standard InChI is InChI=1S/C12H17Cl2N/c1-12(2,8-13)9-15-7-10-4-3-5-11(14)6-10/h3-6,15H,7-9H2,1-2H3. The summed E-state index contributed by atoms with van der Waals surface area (Å²) in [6.07, 6.45) is 0. The zero-order valence-corrected chi connectivity index (χ0v) is 10.7. The van der Waals surface area contributed by atoms with Crippen LogP contribution in [0.15, 0.2) is 24.3 Å². The van der Waals surface area contributed by atoms with E-state index in [1.54, 1.807) is 0 Å². The molecule has 0 amide bonds. The molecule has 0 aliphatic heterocycles. The molecule has 1 N–H and O–H groups in total. The minimum Gasteiger partial charge on any atom is -0.312 e. The van der Waals surface area contributed by atoms with Gasteiger partial charge in [0.2, 0.25) is 0 Å². The lowest BCUT2D eigenvalue weighted by Crippen LogP contribution is -2.30. The Labute approximate surface area is 102 Å². The van der Waals surface area contributed by atoms with E-state index in [0.29, 0.717) is 5.88 Å². The van der Waals surface area contributed by atoms with Crippen molar-refractivity contribution in [3.8, 4) is 0 Å². The lowest BCUT2D eigenvalue weighted by Gasteiger charge is -2.21. The second kappa shape index (κ2) is 5.74. The monoisotopic (exact) mass is 245 g/mol. The van der Waals surface area contributed by atoms with E-state index in [2.05, 4.69) is 25.2 Å². The summed E-state index contributed by atoms with van der Waals surface area (Å²) in [6, 6.07) is 7.88. The number of rotatable bonds is 5. The fraction of sp³-hybridized carbons (Fsp3) is 0.500. The molecule has 0 radical (unpaired) electrons. The lowest BCUT2D eigenvalue weighted by atomic mass is 9.96. The first-order valence-corrected chi connectivity index (χ1v) is 5.96. The van der Waals surface area contributed by atoms with Crippen LogP contribution in [0.4, 0.5) is 0 Å². The van der Waals surface area contributed by atoms with Crippen molar-refractivity contribution in [3.05, 3.63) is 34.9 Å². The lowest BCUT2D eigenvalue weighted by molar-refractivity contribution is 0.385. The third-order valence-corrected chi connectivity index (χ3v) is 3.14. The Kier molecular flexibility index (Phi) is 4.91. The van der Waals surface area contributed by atoms with Crippen molar-refractivity contribution in [2.45, 2.75) is 20.4 Å². The SMILES string of the molecule is CC(C)(CCl)CNCc1cccc(Cl)c1. The summed E-state index contributed by atoms with van der Waals surface area (Å²) in [4.78, 5) is 0. The van der Waals surface area contributed by atoms with Gasteiger partial charge in [0.1, 0.15) is 0 Å². The summed E-state index contributed by atoms with van der Waals surface area (Å²) in [5.74, 6) is 0.662. The minimum absolute atomic E-state index is 0.139. The molecule has 0 aliphatic carbocycles. The second-order valence-electron chi connectivity index (χ2n) is 4.53. The van der Waals surface area contributed by atoms with Crippen molar-refractivity contribution in [3.63, 3.8) is 0 Å². The summed E-state index contributed by atoms with van der Waals surface area (Å²) in [5.41, 5.74) is 1.34. The molecule has 0 saturated carbocycles. The molecule has 1 aromatic rings. The number of halogens is 2. The first-order valence-electron chi connectivity index (χ1n) is 5.05. The predicted molar refractivity (Wildman–Crippen MR) is 67.7 cm³/mol. The average molecular weight is 246 g/mol. The first kappa shape index (κ1) is 12.8. The maximum absolute atomic E-state index is 5.89. The molecular formula is C12H17Cl2N. The van der Waals surface area contributed by atoms with Crippen LogP contribution in [0.3, 0.4) is 0 Å². The van der Waals surface area contributed by atoms with Crippen LogP contribution in [-0.4, -0.2) is 12.4 Å². The molecule has 0 heterocycles. The molecule has 0 aliphatic rings. The average Bonchev–Trinajstić information content (AvgIpc) is 2.18. The van der Waals surface area contributed by atoms with Crippen LogP contribution < -0.4 is 5.32 Å². The van der Waals surface area contributed by atoms with Crippen LogP contribution in [0.5, 0.6) is 0 Å². The third-order valence-electron chi connectivity index (χ3n) is 2.18. The molecule has 15 heavy (non-hydrogen) atoms. The second-order valence-corrected chi connectivity index (χ2v) is 5.24. The summed E-state index contributed by atoms with van der Waals surface area (Å²) >= 11 is 11.7. The van der Waals surface area contributed by atoms with Gasteiger partial charge in [-0.25, -0.2) is 0 Å². The van der Waals surface area contributed by atoms with Crippen LogP contribution in [0.25, 0.3) is 0 Å². The van der Waals surface area contributed by atoms with E-state index >= 15 is 0 Å². The number of alkyl halides is 1. The number of hydrogen-bond donors (Lipinski definition) is 1. The van der Waals surface area contributed by atoms with Crippen molar-refractivity contribution >= 4 is 23.2 Å². The molecule has 0 spiro atoms. The maximum Gasteiger partial charge on any atom is 0.0409 e. The molecule has 1 rings (SSSR count). The Morgan fingerprint density at radius 3 is 2.67 bits per heavy atom. The fourth-order valence-corrected chi connectivity index (χ4v) is 1.55. The maximum atomic E-state index is 5.89. The van der Waals surface area contributed by atoms with Crippen molar-refractivity contribution in [1.82, 2.24) is 5.32 Å². The zero-order valence-electron chi connectivity index (χ0n) is 9.19. The highest BCUT2D eigenvalue weighted by atomic mass is 35.5. The third kappa shape index (κ3) is 4.87. The Hall–Kier alpha value is -0.240. The van der Waals surface area contributed by atoms with Gasteiger partial charge in [0, 0.05) is 24.0 Å². The minimum atomic E-state index is 0.139. The van der Waals surface area contributed by atoms with Gasteiger partial charge < -0.3 is 5.32 Å². The topological polar surface area (TPSA) is 12.0 Å². The van der Waals surface area contributed by atoms with Crippen molar-refractivity contribution in [2.24, 2.45) is 5.41 Å². The van der Waals surface area contributed by atoms with E-state index < -0.39 is 0 Å². The Bertz CT molecular complexity index is 310. The number of nitrogens with one attached hydrogen (secondary N) is 1. The van der Waals surface area contributed by atoms with Gasteiger partial charge in [0.05, 0.1) is 0 Å². The molecule has 1 aromatic carbocycles. The van der Waals surface area contributed by atoms with Crippen LogP contribution in [0.2, 0.25) is 5.02 Å². The molecule has 0 aromatic heterocycles. The molecule has 84 valence electrons. The van der Waals surface area contributed by atoms with Gasteiger partial charge in [-0.3, -0.25) is 0 Å². The van der Waals surface area contributed by atoms with Crippen LogP contribution in [0, 0.1) is 5.41 Å². The fourth-order valence-electron chi connectivity index (χ4n) is 1.24. The molecule has 0 unspecified atom stereocenters. The van der Waals surface area contributed by atoms with Gasteiger partial charge in [-0.15, -0.1) is 11.6 Å². The van der Waals surface area contributed by atoms with Crippen LogP contribution >= 0.6 is 23.2 Å². The molecule has 1 nitrogen and oxygen atoms in total. The zero-order chi connectivity index (χ0) is 11.3. The van der Waals surface area contributed by atoms with Crippen LogP contribution in [-0.2, 0) is 6.54 Å². The molecular weight excluding hydrogens is 229 g/mol. The Balaban J connectivity index is 2.38. The number of benzene rings is 1. The summed E-state index contributed by atoms with van der Waals surface area (Å²) in [6.45, 7) is 6.03. The van der Waals surface area contributed by atoms with Crippen molar-refractivity contribution < 1.29 is 0 Å². The highest BCUT2D eigenvalue weighted by Gasteiger charge is 2.15. The van der Waals surface area contributed by atoms with Gasteiger partial charge >= 0.3 is 0 Å². The van der Waals surface area contributed by atoms with E-state index in [-0.39, 0.29) is 5.41 Å². The van der Waals surface area contributed by atoms with Gasteiger partial charge in [-0.2, -0.15) is 0 Å². The highest BCUT2D eigenvalue weighted by Crippen LogP contribution is 2.16. The quantitative estimate of drug-likeness (QED) is 0.781. The van der Waals surface area contributed by atoms with Gasteiger partial charge in [0.15, 0.2) is 0 Å². The predicted octanol–water partition coefficient (Wildman–Crippen LogP) is 3.69. The van der Waals surface area contributed by atoms with Gasteiger partial charge in [-0.05, 0) is 23.1 Å². The highest BCUT2D eigenvalue weighted by molar-refractivity contribution is 6.30. The van der Waals surface area contributed by atoms with Crippen LogP contribution in [0.1, 0.15) is 19.4 Å². The van der Waals surface area contributed by atoms with E-state index in [4.69, 9.17) is 23.2 Å². The summed E-state index contributed by atoms with van der Waals surface area (Å²) < 4.78 is 0. The molecule has 0 bridgehead atoms. The molecule has 0 saturated heterocycles. The van der Waals surface area contributed by atoms with E-state index in [9.17, 15) is 0 Å². The number of hydrogen-bond acceptors (Lipinski definition) is 1. The Morgan fingerprint density at radius 1 is 1.33 bits per heavy atom. The Morgan fingerprint density at radius 2 is 2.07 bits per heavy atom. The van der Waals surface area contributed by atoms with Gasteiger partial charge in [0.25, 0.3) is 0 Å². The van der Waals surface area contributed by atoms with E-state index in [1.165, 1.54) is 5.56 Å². The molecule has 0 atom stereocenters. The molecule has 0 fully saturated rings. The summed E-state index contributed by atoms with van der Waals surface area (Å²) in [5, 5.41) is 4.16. The smallest absolute Gasteiger partial charge is 0.0409 e. The normalized spacial score (nSPS) is 11.7.